The molecule has 0 spiro atoms. The lowest BCUT2D eigenvalue weighted by atomic mass is 10.1. The van der Waals surface area contributed by atoms with Crippen molar-refractivity contribution in [1.82, 2.24) is 14.8 Å². The van der Waals surface area contributed by atoms with Crippen LogP contribution in [0.15, 0.2) is 0 Å². The Morgan fingerprint density at radius 3 is 2.76 bits per heavy atom. The van der Waals surface area contributed by atoms with E-state index in [9.17, 15) is 0 Å². The molecular formula is C12H22N4O. The minimum atomic E-state index is 0.315. The molecule has 96 valence electrons. The van der Waals surface area contributed by atoms with Gasteiger partial charge in [-0.3, -0.25) is 0 Å². The monoisotopic (exact) mass is 238 g/mol. The van der Waals surface area contributed by atoms with Gasteiger partial charge in [-0.25, -0.2) is 0 Å². The van der Waals surface area contributed by atoms with E-state index in [4.69, 9.17) is 10.5 Å². The maximum atomic E-state index is 5.69. The van der Waals surface area contributed by atoms with E-state index in [1.807, 2.05) is 0 Å². The summed E-state index contributed by atoms with van der Waals surface area (Å²) in [7, 11) is 0. The fourth-order valence-electron chi connectivity index (χ4n) is 2.26. The first-order valence-electron chi connectivity index (χ1n) is 6.43. The summed E-state index contributed by atoms with van der Waals surface area (Å²) >= 11 is 0. The van der Waals surface area contributed by atoms with Crippen LogP contribution in [0.4, 0.5) is 0 Å². The van der Waals surface area contributed by atoms with Gasteiger partial charge in [0.25, 0.3) is 0 Å². The largest absolute Gasteiger partial charge is 0.378 e. The molecule has 2 heterocycles. The van der Waals surface area contributed by atoms with Crippen LogP contribution in [0.25, 0.3) is 0 Å². The van der Waals surface area contributed by atoms with Gasteiger partial charge in [0.1, 0.15) is 11.6 Å². The fraction of sp³-hybridized carbons (Fsp3) is 0.833. The standard InChI is InChI=1S/C12H22N4O/c1-9(2)8-16-11(14-15-12(16)7-13)6-10-4-3-5-17-10/h9-10H,3-8,13H2,1-2H3. The number of rotatable bonds is 5. The third kappa shape index (κ3) is 3.04. The number of nitrogens with two attached hydrogens (primary N) is 1. The van der Waals surface area contributed by atoms with Crippen LogP contribution in [-0.4, -0.2) is 27.5 Å². The lowest BCUT2D eigenvalue weighted by Gasteiger charge is -2.14. The molecule has 17 heavy (non-hydrogen) atoms. The Balaban J connectivity index is 2.11. The number of ether oxygens (including phenoxy) is 1. The predicted molar refractivity (Wildman–Crippen MR) is 65.4 cm³/mol. The predicted octanol–water partition coefficient (Wildman–Crippen LogP) is 1.11. The summed E-state index contributed by atoms with van der Waals surface area (Å²) in [5.74, 6) is 2.47. The summed E-state index contributed by atoms with van der Waals surface area (Å²) in [4.78, 5) is 0. The molecule has 0 bridgehead atoms. The molecule has 0 amide bonds. The highest BCUT2D eigenvalue weighted by Gasteiger charge is 2.20. The van der Waals surface area contributed by atoms with Gasteiger partial charge in [0.05, 0.1) is 12.6 Å². The first-order valence-corrected chi connectivity index (χ1v) is 6.43. The van der Waals surface area contributed by atoms with Gasteiger partial charge in [0.15, 0.2) is 0 Å². The molecular weight excluding hydrogens is 216 g/mol. The summed E-state index contributed by atoms with van der Waals surface area (Å²) < 4.78 is 7.81. The second kappa shape index (κ2) is 5.60. The number of nitrogens with zero attached hydrogens (tertiary/aromatic N) is 3. The van der Waals surface area contributed by atoms with E-state index in [1.54, 1.807) is 0 Å². The molecule has 1 unspecified atom stereocenters. The van der Waals surface area contributed by atoms with Crippen molar-refractivity contribution in [2.24, 2.45) is 11.7 Å². The Bertz CT molecular complexity index is 355. The lowest BCUT2D eigenvalue weighted by Crippen LogP contribution is -2.18. The van der Waals surface area contributed by atoms with Gasteiger partial charge in [-0.15, -0.1) is 10.2 Å². The molecule has 0 aliphatic carbocycles. The number of hydrogen-bond donors (Lipinski definition) is 1. The molecule has 0 radical (unpaired) electrons. The maximum Gasteiger partial charge on any atom is 0.146 e. The van der Waals surface area contributed by atoms with Crippen LogP contribution < -0.4 is 5.73 Å². The van der Waals surface area contributed by atoms with Crippen molar-refractivity contribution in [3.05, 3.63) is 11.6 Å². The molecule has 1 aromatic rings. The Kier molecular flexibility index (Phi) is 4.12. The Morgan fingerprint density at radius 1 is 1.41 bits per heavy atom. The van der Waals surface area contributed by atoms with Crippen molar-refractivity contribution in [1.29, 1.82) is 0 Å². The van der Waals surface area contributed by atoms with Crippen molar-refractivity contribution in [2.75, 3.05) is 6.61 Å². The minimum Gasteiger partial charge on any atom is -0.378 e. The van der Waals surface area contributed by atoms with E-state index in [0.717, 1.165) is 44.1 Å². The van der Waals surface area contributed by atoms with Crippen molar-refractivity contribution >= 4 is 0 Å². The van der Waals surface area contributed by atoms with Crippen LogP contribution >= 0.6 is 0 Å². The van der Waals surface area contributed by atoms with Crippen molar-refractivity contribution in [3.63, 3.8) is 0 Å². The van der Waals surface area contributed by atoms with E-state index in [2.05, 4.69) is 28.6 Å². The van der Waals surface area contributed by atoms with Gasteiger partial charge in [0, 0.05) is 19.6 Å². The van der Waals surface area contributed by atoms with E-state index in [0.29, 0.717) is 18.6 Å². The number of aromatic nitrogens is 3. The molecule has 1 aromatic heterocycles. The highest BCUT2D eigenvalue weighted by atomic mass is 16.5. The minimum absolute atomic E-state index is 0.315. The van der Waals surface area contributed by atoms with Gasteiger partial charge in [-0.2, -0.15) is 0 Å². The normalized spacial score (nSPS) is 20.4. The molecule has 1 saturated heterocycles. The first-order chi connectivity index (χ1) is 8.20. The van der Waals surface area contributed by atoms with Crippen molar-refractivity contribution in [2.45, 2.75) is 52.3 Å². The van der Waals surface area contributed by atoms with Gasteiger partial charge in [0.2, 0.25) is 0 Å². The second-order valence-electron chi connectivity index (χ2n) is 5.08. The molecule has 1 atom stereocenters. The third-order valence-corrected chi connectivity index (χ3v) is 3.07. The molecule has 2 N–H and O–H groups in total. The topological polar surface area (TPSA) is 66.0 Å². The first kappa shape index (κ1) is 12.5. The van der Waals surface area contributed by atoms with Crippen molar-refractivity contribution < 1.29 is 4.74 Å². The van der Waals surface area contributed by atoms with Gasteiger partial charge in [-0.05, 0) is 18.8 Å². The average molecular weight is 238 g/mol. The van der Waals surface area contributed by atoms with Crippen LogP contribution in [0.3, 0.4) is 0 Å². The fourth-order valence-corrected chi connectivity index (χ4v) is 2.26. The van der Waals surface area contributed by atoms with Crippen LogP contribution in [0.2, 0.25) is 0 Å². The molecule has 1 aliphatic rings. The SMILES string of the molecule is CC(C)Cn1c(CN)nnc1CC1CCCO1. The molecule has 1 fully saturated rings. The van der Waals surface area contributed by atoms with Gasteiger partial charge < -0.3 is 15.0 Å². The van der Waals surface area contributed by atoms with Crippen LogP contribution in [0.1, 0.15) is 38.3 Å². The van der Waals surface area contributed by atoms with E-state index in [-0.39, 0.29) is 0 Å². The van der Waals surface area contributed by atoms with Crippen LogP contribution in [-0.2, 0) is 24.2 Å². The maximum absolute atomic E-state index is 5.69. The highest BCUT2D eigenvalue weighted by Crippen LogP contribution is 2.17. The van der Waals surface area contributed by atoms with Gasteiger partial charge in [-0.1, -0.05) is 13.8 Å². The summed E-state index contributed by atoms with van der Waals surface area (Å²) in [6, 6.07) is 0. The quantitative estimate of drug-likeness (QED) is 0.834. The molecule has 5 heteroatoms. The highest BCUT2D eigenvalue weighted by molar-refractivity contribution is 4.98. The summed E-state index contributed by atoms with van der Waals surface area (Å²) in [6.07, 6.45) is 3.47. The second-order valence-corrected chi connectivity index (χ2v) is 5.08. The summed E-state index contributed by atoms with van der Waals surface area (Å²) in [5, 5.41) is 8.42. The Hall–Kier alpha value is -0.940. The van der Waals surface area contributed by atoms with E-state index in [1.165, 1.54) is 0 Å². The molecule has 2 rings (SSSR count). The third-order valence-electron chi connectivity index (χ3n) is 3.07. The summed E-state index contributed by atoms with van der Waals surface area (Å²) in [5.41, 5.74) is 5.69. The molecule has 0 aromatic carbocycles. The molecule has 1 aliphatic heterocycles. The Morgan fingerprint density at radius 2 is 2.18 bits per heavy atom. The molecule has 0 saturated carbocycles. The zero-order chi connectivity index (χ0) is 12.3. The number of hydrogen-bond acceptors (Lipinski definition) is 4. The summed E-state index contributed by atoms with van der Waals surface area (Å²) in [6.45, 7) is 6.64. The van der Waals surface area contributed by atoms with Crippen LogP contribution in [0.5, 0.6) is 0 Å². The van der Waals surface area contributed by atoms with Crippen molar-refractivity contribution in [3.8, 4) is 0 Å². The average Bonchev–Trinajstić information content (AvgIpc) is 2.90. The zero-order valence-corrected chi connectivity index (χ0v) is 10.7. The van der Waals surface area contributed by atoms with Gasteiger partial charge >= 0.3 is 0 Å². The van der Waals surface area contributed by atoms with Crippen LogP contribution in [0, 0.1) is 5.92 Å². The zero-order valence-electron chi connectivity index (χ0n) is 10.7. The smallest absolute Gasteiger partial charge is 0.146 e. The lowest BCUT2D eigenvalue weighted by molar-refractivity contribution is 0.109. The van der Waals surface area contributed by atoms with E-state index < -0.39 is 0 Å². The van der Waals surface area contributed by atoms with E-state index >= 15 is 0 Å². The molecule has 5 nitrogen and oxygen atoms in total. The Labute approximate surface area is 102 Å².